The van der Waals surface area contributed by atoms with Gasteiger partial charge >= 0.3 is 6.09 Å². The second-order valence-electron chi connectivity index (χ2n) is 6.98. The van der Waals surface area contributed by atoms with Crippen molar-refractivity contribution in [2.24, 2.45) is 11.8 Å². The molecule has 25 heavy (non-hydrogen) atoms. The minimum Gasteiger partial charge on any atom is -0.444 e. The Hall–Kier alpha value is -2.68. The molecule has 9 heteroatoms. The molecule has 9 nitrogen and oxygen atoms in total. The Kier molecular flexibility index (Phi) is 5.27. The number of ether oxygens (including phenoxy) is 1. The fourth-order valence-electron chi connectivity index (χ4n) is 2.76. The molecule has 0 bridgehead atoms. The molecular weight excluding hydrogens is 328 g/mol. The zero-order valence-electron chi connectivity index (χ0n) is 14.4. The van der Waals surface area contributed by atoms with Gasteiger partial charge in [0.1, 0.15) is 5.60 Å². The number of hydrazine groups is 1. The van der Waals surface area contributed by atoms with Crippen LogP contribution in [0.1, 0.15) is 32.3 Å². The lowest BCUT2D eigenvalue weighted by molar-refractivity contribution is -0.384. The summed E-state index contributed by atoms with van der Waals surface area (Å²) in [4.78, 5) is 36.1. The van der Waals surface area contributed by atoms with Gasteiger partial charge in [0.15, 0.2) is 0 Å². The van der Waals surface area contributed by atoms with Gasteiger partial charge in [-0.15, -0.1) is 0 Å². The normalized spacial score (nSPS) is 15.9. The quantitative estimate of drug-likeness (QED) is 0.367. The number of nitro groups is 1. The average molecular weight is 350 g/mol. The summed E-state index contributed by atoms with van der Waals surface area (Å²) in [6.45, 7) is 5.95. The highest BCUT2D eigenvalue weighted by Gasteiger charge is 2.42. The summed E-state index contributed by atoms with van der Waals surface area (Å²) in [6, 6.07) is 5.88. The van der Waals surface area contributed by atoms with Crippen LogP contribution in [0.15, 0.2) is 24.3 Å². The van der Waals surface area contributed by atoms with E-state index in [1.54, 1.807) is 26.8 Å². The summed E-state index contributed by atoms with van der Waals surface area (Å²) in [6.07, 6.45) is -0.449. The number of nitrogens with zero attached hydrogens (tertiary/aromatic N) is 2. The highest BCUT2D eigenvalue weighted by Crippen LogP contribution is 2.34. The zero-order valence-corrected chi connectivity index (χ0v) is 14.4. The molecular formula is C16H22N4O5. The monoisotopic (exact) mass is 350 g/mol. The Labute approximate surface area is 145 Å². The van der Waals surface area contributed by atoms with Crippen molar-refractivity contribution in [1.82, 2.24) is 10.3 Å². The summed E-state index contributed by atoms with van der Waals surface area (Å²) in [7, 11) is 0. The van der Waals surface area contributed by atoms with Crippen molar-refractivity contribution in [2.45, 2.75) is 32.3 Å². The molecule has 0 spiro atoms. The van der Waals surface area contributed by atoms with Crippen molar-refractivity contribution in [3.63, 3.8) is 0 Å². The second kappa shape index (κ2) is 7.06. The number of likely N-dealkylation sites (tertiary alicyclic amines) is 1. The summed E-state index contributed by atoms with van der Waals surface area (Å²) in [5.74, 6) is 3.94. The predicted molar refractivity (Wildman–Crippen MR) is 89.5 cm³/mol. The topological polar surface area (TPSA) is 128 Å². The van der Waals surface area contributed by atoms with Gasteiger partial charge < -0.3 is 9.64 Å². The number of hydrogen-bond donors (Lipinski definition) is 2. The molecule has 1 fully saturated rings. The van der Waals surface area contributed by atoms with E-state index in [0.717, 1.165) is 0 Å². The van der Waals surface area contributed by atoms with E-state index in [1.165, 1.54) is 23.1 Å². The van der Waals surface area contributed by atoms with E-state index in [2.05, 4.69) is 5.43 Å². The van der Waals surface area contributed by atoms with Crippen LogP contribution < -0.4 is 11.3 Å². The maximum absolute atomic E-state index is 12.2. The molecule has 1 atom stereocenters. The average Bonchev–Trinajstić information content (AvgIpc) is 2.47. The Bertz CT molecular complexity index is 679. The van der Waals surface area contributed by atoms with E-state index in [4.69, 9.17) is 10.6 Å². The number of carbonyl (C=O) groups is 2. The van der Waals surface area contributed by atoms with E-state index in [9.17, 15) is 19.7 Å². The largest absolute Gasteiger partial charge is 0.444 e. The van der Waals surface area contributed by atoms with Crippen molar-refractivity contribution in [1.29, 1.82) is 0 Å². The van der Waals surface area contributed by atoms with Crippen molar-refractivity contribution in [3.8, 4) is 0 Å². The molecule has 1 aromatic carbocycles. The molecule has 0 aliphatic carbocycles. The first-order valence-electron chi connectivity index (χ1n) is 7.85. The molecule has 0 saturated carbocycles. The summed E-state index contributed by atoms with van der Waals surface area (Å²) in [5.41, 5.74) is 1.89. The number of amides is 2. The standard InChI is InChI=1S/C16H22N4O5/c1-16(2,3)25-15(22)19-8-11(9-19)13(14(21)18-17)10-5-4-6-12(7-10)20(23)24/h4-7,11,13H,8-9,17H2,1-3H3,(H,18,21). The molecule has 1 aliphatic heterocycles. The number of rotatable bonds is 4. The van der Waals surface area contributed by atoms with E-state index in [-0.39, 0.29) is 11.6 Å². The number of nitrogens with one attached hydrogen (secondary N) is 1. The van der Waals surface area contributed by atoms with Crippen LogP contribution in [0.2, 0.25) is 0 Å². The van der Waals surface area contributed by atoms with Crippen LogP contribution in [0.3, 0.4) is 0 Å². The molecule has 0 aromatic heterocycles. The molecule has 0 radical (unpaired) electrons. The van der Waals surface area contributed by atoms with E-state index in [0.29, 0.717) is 18.7 Å². The molecule has 1 aliphatic rings. The van der Waals surface area contributed by atoms with Crippen LogP contribution in [-0.2, 0) is 9.53 Å². The number of carbonyl (C=O) groups excluding carboxylic acids is 2. The maximum Gasteiger partial charge on any atom is 0.410 e. The van der Waals surface area contributed by atoms with Gasteiger partial charge in [0, 0.05) is 31.1 Å². The second-order valence-corrected chi connectivity index (χ2v) is 6.98. The molecule has 1 unspecified atom stereocenters. The van der Waals surface area contributed by atoms with Crippen molar-refractivity contribution in [2.75, 3.05) is 13.1 Å². The first-order chi connectivity index (χ1) is 11.6. The van der Waals surface area contributed by atoms with Crippen molar-refractivity contribution >= 4 is 17.7 Å². The van der Waals surface area contributed by atoms with Crippen LogP contribution in [0, 0.1) is 16.0 Å². The van der Waals surface area contributed by atoms with Gasteiger partial charge in [0.05, 0.1) is 10.8 Å². The van der Waals surface area contributed by atoms with Crippen molar-refractivity contribution < 1.29 is 19.2 Å². The third-order valence-electron chi connectivity index (χ3n) is 3.90. The van der Waals surface area contributed by atoms with Crippen LogP contribution in [0.5, 0.6) is 0 Å². The van der Waals surface area contributed by atoms with Gasteiger partial charge in [-0.2, -0.15) is 0 Å². The molecule has 1 saturated heterocycles. The highest BCUT2D eigenvalue weighted by molar-refractivity contribution is 5.84. The van der Waals surface area contributed by atoms with E-state index < -0.39 is 28.4 Å². The van der Waals surface area contributed by atoms with Crippen LogP contribution >= 0.6 is 0 Å². The zero-order chi connectivity index (χ0) is 18.8. The lowest BCUT2D eigenvalue weighted by atomic mass is 9.80. The maximum atomic E-state index is 12.2. The highest BCUT2D eigenvalue weighted by atomic mass is 16.6. The van der Waals surface area contributed by atoms with Crippen molar-refractivity contribution in [3.05, 3.63) is 39.9 Å². The molecule has 1 aromatic rings. The van der Waals surface area contributed by atoms with Gasteiger partial charge in [-0.3, -0.25) is 20.3 Å². The Balaban J connectivity index is 2.13. The fraction of sp³-hybridized carbons (Fsp3) is 0.500. The number of hydrogen-bond acceptors (Lipinski definition) is 6. The third kappa shape index (κ3) is 4.44. The smallest absolute Gasteiger partial charge is 0.410 e. The Morgan fingerprint density at radius 2 is 2.04 bits per heavy atom. The van der Waals surface area contributed by atoms with Gasteiger partial charge in [-0.05, 0) is 26.3 Å². The van der Waals surface area contributed by atoms with Gasteiger partial charge in [0.25, 0.3) is 5.69 Å². The lowest BCUT2D eigenvalue weighted by Crippen LogP contribution is -2.56. The fourth-order valence-corrected chi connectivity index (χ4v) is 2.76. The Morgan fingerprint density at radius 1 is 1.40 bits per heavy atom. The molecule has 2 rings (SSSR count). The van der Waals surface area contributed by atoms with Gasteiger partial charge in [-0.25, -0.2) is 10.6 Å². The van der Waals surface area contributed by atoms with E-state index >= 15 is 0 Å². The number of nitrogens with two attached hydrogens (primary N) is 1. The van der Waals surface area contributed by atoms with Crippen LogP contribution in [0.4, 0.5) is 10.5 Å². The molecule has 136 valence electrons. The van der Waals surface area contributed by atoms with Gasteiger partial charge in [-0.1, -0.05) is 12.1 Å². The molecule has 3 N–H and O–H groups in total. The third-order valence-corrected chi connectivity index (χ3v) is 3.90. The van der Waals surface area contributed by atoms with Gasteiger partial charge in [0.2, 0.25) is 5.91 Å². The minimum absolute atomic E-state index is 0.101. The predicted octanol–water partition coefficient (Wildman–Crippen LogP) is 1.54. The summed E-state index contributed by atoms with van der Waals surface area (Å²) in [5, 5.41) is 11.0. The Morgan fingerprint density at radius 3 is 2.56 bits per heavy atom. The summed E-state index contributed by atoms with van der Waals surface area (Å²) >= 11 is 0. The minimum atomic E-state index is -0.677. The number of nitro benzene ring substituents is 1. The first-order valence-corrected chi connectivity index (χ1v) is 7.85. The SMILES string of the molecule is CC(C)(C)OC(=O)N1CC(C(C(=O)NN)c2cccc([N+](=O)[O-])c2)C1. The first kappa shape index (κ1) is 18.7. The lowest BCUT2D eigenvalue weighted by Gasteiger charge is -2.42. The number of non-ortho nitro benzene ring substituents is 1. The molecule has 1 heterocycles. The van der Waals surface area contributed by atoms with E-state index in [1.807, 2.05) is 0 Å². The number of benzene rings is 1. The van der Waals surface area contributed by atoms with Crippen LogP contribution in [0.25, 0.3) is 0 Å². The van der Waals surface area contributed by atoms with Crippen LogP contribution in [-0.4, -0.2) is 40.5 Å². The summed E-state index contributed by atoms with van der Waals surface area (Å²) < 4.78 is 5.29. The molecule has 2 amide bonds.